The fraction of sp³-hybridized carbons (Fsp3) is 1.00. The van der Waals surface area contributed by atoms with E-state index in [4.69, 9.17) is 0 Å². The van der Waals surface area contributed by atoms with Crippen LogP contribution in [0.2, 0.25) is 58.9 Å². The first-order valence-corrected chi connectivity index (χ1v) is 20.2. The molecule has 0 amide bonds. The summed E-state index contributed by atoms with van der Waals surface area (Å²) in [5.74, 6) is 0. The molecule has 0 aliphatic heterocycles. The Morgan fingerprint density at radius 1 is 0.500 bits per heavy atom. The van der Waals surface area contributed by atoms with Crippen molar-refractivity contribution in [2.45, 2.75) is 58.9 Å². The van der Waals surface area contributed by atoms with Crippen LogP contribution in [0.4, 0.5) is 0 Å². The van der Waals surface area contributed by atoms with Crippen molar-refractivity contribution in [3.05, 3.63) is 0 Å². The van der Waals surface area contributed by atoms with Gasteiger partial charge in [0.05, 0.1) is 0 Å². The fourth-order valence-corrected chi connectivity index (χ4v) is 91.1. The summed E-state index contributed by atoms with van der Waals surface area (Å²) in [6.07, 6.45) is 0. The first kappa shape index (κ1) is 18.9. The van der Waals surface area contributed by atoms with Crippen molar-refractivity contribution >= 4 is 30.1 Å². The van der Waals surface area contributed by atoms with Crippen LogP contribution in [0, 0.1) is 0 Å². The van der Waals surface area contributed by atoms with Gasteiger partial charge >= 0.3 is 51.4 Å². The normalized spacial score (nSPS) is 14.1. The topological polar surface area (TPSA) is 0 Å². The predicted octanol–water partition coefficient (Wildman–Crippen LogP) is 0.735. The second kappa shape index (κ2) is 5.90. The molecular weight excluding hydrogens is 260 g/mol. The molecule has 0 aromatic carbocycles. The zero-order chi connectivity index (χ0) is 11.1. The van der Waals surface area contributed by atoms with Crippen molar-refractivity contribution in [3.8, 4) is 0 Å². The van der Waals surface area contributed by atoms with Crippen LogP contribution in [0.15, 0.2) is 0 Å². The molecule has 0 bridgehead atoms. The zero-order valence-corrected chi connectivity index (χ0v) is 19.1. The first-order chi connectivity index (χ1) is 5.37. The Bertz CT molecular complexity index is 139. The molecule has 0 aromatic heterocycles. The van der Waals surface area contributed by atoms with Crippen LogP contribution in [-0.4, -0.2) is 30.1 Å². The third-order valence-electron chi connectivity index (χ3n) is 2.25. The molecule has 5 heteroatoms. The van der Waals surface area contributed by atoms with Crippen molar-refractivity contribution in [1.29, 1.82) is 0 Å². The fourth-order valence-electron chi connectivity index (χ4n) is 3.38. The van der Waals surface area contributed by atoms with E-state index in [1.54, 1.807) is 0 Å². The van der Waals surface area contributed by atoms with Crippen LogP contribution in [0.25, 0.3) is 0 Å². The van der Waals surface area contributed by atoms with Gasteiger partial charge in [0.1, 0.15) is 0 Å². The first-order valence-electron chi connectivity index (χ1n) is 5.25. The standard InChI is InChI=1S/C9H27Si4.K/c1-11(2,3)10(12(4,5)6)13(7,8)9;/h1-9H3;/q-1;+1. The molecule has 0 unspecified atom stereocenters. The summed E-state index contributed by atoms with van der Waals surface area (Å²) < 4.78 is 0. The van der Waals surface area contributed by atoms with Crippen molar-refractivity contribution < 1.29 is 51.4 Å². The molecule has 0 spiro atoms. The molecular formula is C9H27KSi4. The van der Waals surface area contributed by atoms with Gasteiger partial charge in [-0.15, -0.1) is 22.8 Å². The smallest absolute Gasteiger partial charge is 0.252 e. The molecule has 0 fully saturated rings. The minimum absolute atomic E-state index is 0. The number of hydrogen-bond acceptors (Lipinski definition) is 0. The summed E-state index contributed by atoms with van der Waals surface area (Å²) in [6, 6.07) is 0. The SMILES string of the molecule is C[Si](C)(C)[Si-]([Si](C)(C)C)[Si](C)(C)C.[K+]. The average molecular weight is 287 g/mol. The molecule has 0 saturated carbocycles. The molecule has 0 rings (SSSR count). The van der Waals surface area contributed by atoms with Crippen LogP contribution in [-0.2, 0) is 0 Å². The van der Waals surface area contributed by atoms with Gasteiger partial charge in [-0.1, -0.05) is 58.9 Å². The summed E-state index contributed by atoms with van der Waals surface area (Å²) >= 11 is 0. The maximum atomic E-state index is 2.61. The molecule has 0 atom stereocenters. The second-order valence-electron chi connectivity index (χ2n) is 7.12. The predicted molar refractivity (Wildman–Crippen MR) is 75.8 cm³/mol. The van der Waals surface area contributed by atoms with Gasteiger partial charge in [0.2, 0.25) is 0 Å². The van der Waals surface area contributed by atoms with Crippen LogP contribution in [0.3, 0.4) is 0 Å². The van der Waals surface area contributed by atoms with Crippen LogP contribution < -0.4 is 51.4 Å². The molecule has 0 saturated heterocycles. The van der Waals surface area contributed by atoms with Crippen LogP contribution >= 0.6 is 0 Å². The minimum atomic E-state index is -0.832. The Hall–Kier alpha value is 2.50. The molecule has 0 nitrogen and oxygen atoms in total. The van der Waals surface area contributed by atoms with Gasteiger partial charge in [0, 0.05) is 0 Å². The Morgan fingerprint density at radius 3 is 0.643 bits per heavy atom. The van der Waals surface area contributed by atoms with Gasteiger partial charge in [0.15, 0.2) is 0 Å². The Morgan fingerprint density at radius 2 is 0.643 bits per heavy atom. The van der Waals surface area contributed by atoms with Gasteiger partial charge in [-0.25, -0.2) is 0 Å². The van der Waals surface area contributed by atoms with Gasteiger partial charge < -0.3 is 0 Å². The molecule has 0 heterocycles. The van der Waals surface area contributed by atoms with Crippen LogP contribution in [0.5, 0.6) is 0 Å². The van der Waals surface area contributed by atoms with Gasteiger partial charge in [0.25, 0.3) is 0 Å². The maximum absolute atomic E-state index is 2.61. The molecule has 0 radical (unpaired) electrons. The van der Waals surface area contributed by atoms with Gasteiger partial charge in [-0.05, 0) is 0 Å². The summed E-state index contributed by atoms with van der Waals surface area (Å²) in [6.45, 7) is 23.5. The van der Waals surface area contributed by atoms with Gasteiger partial charge in [-0.2, -0.15) is 0 Å². The summed E-state index contributed by atoms with van der Waals surface area (Å²) in [5, 5.41) is 0. The third kappa shape index (κ3) is 6.29. The molecule has 0 aliphatic rings. The third-order valence-corrected chi connectivity index (χ3v) is 60.8. The summed E-state index contributed by atoms with van der Waals surface area (Å²) in [5.41, 5.74) is 0. The van der Waals surface area contributed by atoms with Crippen molar-refractivity contribution in [2.75, 3.05) is 0 Å². The monoisotopic (exact) mass is 286 g/mol. The number of rotatable bonds is 3. The molecule has 80 valence electrons. The van der Waals surface area contributed by atoms with Crippen molar-refractivity contribution in [1.82, 2.24) is 0 Å². The van der Waals surface area contributed by atoms with E-state index in [0.717, 1.165) is 0 Å². The Kier molecular flexibility index (Phi) is 7.95. The van der Waals surface area contributed by atoms with E-state index in [9.17, 15) is 0 Å². The van der Waals surface area contributed by atoms with E-state index < -0.39 is 22.8 Å². The molecule has 14 heavy (non-hydrogen) atoms. The maximum Gasteiger partial charge on any atom is 1.00 e. The van der Waals surface area contributed by atoms with Gasteiger partial charge in [-0.3, -0.25) is 7.35 Å². The largest absolute Gasteiger partial charge is 1.00 e. The molecule has 0 aromatic rings. The van der Waals surface area contributed by atoms with Crippen LogP contribution in [0.1, 0.15) is 0 Å². The van der Waals surface area contributed by atoms with Crippen molar-refractivity contribution in [2.24, 2.45) is 0 Å². The molecule has 0 aliphatic carbocycles. The van der Waals surface area contributed by atoms with Crippen molar-refractivity contribution in [3.63, 3.8) is 0 Å². The minimum Gasteiger partial charge on any atom is -0.252 e. The quantitative estimate of drug-likeness (QED) is 0.671. The molecule has 0 N–H and O–H groups in total. The summed E-state index contributed by atoms with van der Waals surface area (Å²) in [4.78, 5) is 0. The Balaban J connectivity index is 0. The Labute approximate surface area is 138 Å². The van der Waals surface area contributed by atoms with E-state index >= 15 is 0 Å². The summed E-state index contributed by atoms with van der Waals surface area (Å²) in [7, 11) is -2.47. The average Bonchev–Trinajstić information content (AvgIpc) is 1.44. The van der Waals surface area contributed by atoms with E-state index in [1.807, 2.05) is 0 Å². The van der Waals surface area contributed by atoms with E-state index in [-0.39, 0.29) is 58.7 Å². The van der Waals surface area contributed by atoms with E-state index in [0.29, 0.717) is 0 Å². The zero-order valence-electron chi connectivity index (χ0n) is 12.0. The van der Waals surface area contributed by atoms with E-state index in [1.165, 1.54) is 0 Å². The second-order valence-corrected chi connectivity index (χ2v) is 43.9. The number of hydrogen-bond donors (Lipinski definition) is 0. The van der Waals surface area contributed by atoms with E-state index in [2.05, 4.69) is 58.9 Å².